The molecule has 0 bridgehead atoms. The fourth-order valence-electron chi connectivity index (χ4n) is 3.05. The number of amides is 4. The Morgan fingerprint density at radius 3 is 2.13 bits per heavy atom. The van der Waals surface area contributed by atoms with Crippen molar-refractivity contribution in [3.8, 4) is 0 Å². The van der Waals surface area contributed by atoms with Crippen LogP contribution in [0.4, 0.5) is 4.79 Å². The fraction of sp³-hybridized carbons (Fsp3) is 0.174. The van der Waals surface area contributed by atoms with E-state index in [0.29, 0.717) is 30.0 Å². The molecule has 4 N–H and O–H groups in total. The molecule has 8 nitrogen and oxygen atoms in total. The Morgan fingerprint density at radius 2 is 1.55 bits per heavy atom. The Morgan fingerprint density at radius 1 is 0.903 bits per heavy atom. The van der Waals surface area contributed by atoms with Gasteiger partial charge in [0, 0.05) is 31.3 Å². The van der Waals surface area contributed by atoms with E-state index in [0.717, 1.165) is 11.1 Å². The van der Waals surface area contributed by atoms with Crippen LogP contribution in [0.5, 0.6) is 0 Å². The van der Waals surface area contributed by atoms with Crippen LogP contribution >= 0.6 is 0 Å². The maximum atomic E-state index is 13.2. The summed E-state index contributed by atoms with van der Waals surface area (Å²) in [6.45, 7) is 0.935. The van der Waals surface area contributed by atoms with Crippen LogP contribution in [0.15, 0.2) is 71.3 Å². The highest BCUT2D eigenvalue weighted by molar-refractivity contribution is 5.95. The third-order valence-corrected chi connectivity index (χ3v) is 4.70. The van der Waals surface area contributed by atoms with Gasteiger partial charge in [0.25, 0.3) is 11.8 Å². The summed E-state index contributed by atoms with van der Waals surface area (Å²) in [5.74, 6) is 0.333. The minimum absolute atomic E-state index is 0.166. The number of primary amides is 1. The molecule has 0 aliphatic heterocycles. The molecule has 2 aromatic carbocycles. The SMILES string of the molecule is CNC(=O)c1ccc(CN(Cc2ccco2)C(=O)c2ccc(CNC(N)=O)cc2)cc1. The maximum Gasteiger partial charge on any atom is 0.312 e. The van der Waals surface area contributed by atoms with Crippen molar-refractivity contribution in [2.45, 2.75) is 19.6 Å². The van der Waals surface area contributed by atoms with E-state index in [4.69, 9.17) is 10.2 Å². The van der Waals surface area contributed by atoms with E-state index in [1.807, 2.05) is 18.2 Å². The highest BCUT2D eigenvalue weighted by atomic mass is 16.3. The summed E-state index contributed by atoms with van der Waals surface area (Å²) in [7, 11) is 1.58. The lowest BCUT2D eigenvalue weighted by Crippen LogP contribution is -2.30. The van der Waals surface area contributed by atoms with Gasteiger partial charge in [0.2, 0.25) is 0 Å². The van der Waals surface area contributed by atoms with Gasteiger partial charge in [0.1, 0.15) is 5.76 Å². The number of carbonyl (C=O) groups excluding carboxylic acids is 3. The molecule has 160 valence electrons. The molecular weight excluding hydrogens is 396 g/mol. The molecule has 1 heterocycles. The van der Waals surface area contributed by atoms with Crippen molar-refractivity contribution < 1.29 is 18.8 Å². The number of nitrogens with zero attached hydrogens (tertiary/aromatic N) is 1. The monoisotopic (exact) mass is 420 g/mol. The van der Waals surface area contributed by atoms with E-state index in [9.17, 15) is 14.4 Å². The Labute approximate surface area is 180 Å². The van der Waals surface area contributed by atoms with Crippen LogP contribution in [0, 0.1) is 0 Å². The average molecular weight is 420 g/mol. The molecule has 1 aromatic heterocycles. The zero-order chi connectivity index (χ0) is 22.2. The van der Waals surface area contributed by atoms with Crippen molar-refractivity contribution in [2.24, 2.45) is 5.73 Å². The third-order valence-electron chi connectivity index (χ3n) is 4.70. The highest BCUT2D eigenvalue weighted by Crippen LogP contribution is 2.16. The molecule has 4 amide bonds. The Balaban J connectivity index is 1.77. The number of benzene rings is 2. The van der Waals surface area contributed by atoms with Crippen molar-refractivity contribution in [3.63, 3.8) is 0 Å². The molecule has 31 heavy (non-hydrogen) atoms. The molecule has 0 aliphatic rings. The van der Waals surface area contributed by atoms with Crippen LogP contribution in [-0.4, -0.2) is 29.8 Å². The first-order valence-electron chi connectivity index (χ1n) is 9.71. The number of nitrogens with two attached hydrogens (primary N) is 1. The van der Waals surface area contributed by atoms with E-state index >= 15 is 0 Å². The molecule has 8 heteroatoms. The predicted octanol–water partition coefficient (Wildman–Crippen LogP) is 2.65. The van der Waals surface area contributed by atoms with Gasteiger partial charge in [-0.15, -0.1) is 0 Å². The van der Waals surface area contributed by atoms with Gasteiger partial charge in [-0.2, -0.15) is 0 Å². The van der Waals surface area contributed by atoms with Crippen LogP contribution < -0.4 is 16.4 Å². The molecular formula is C23H24N4O4. The molecule has 0 radical (unpaired) electrons. The maximum absolute atomic E-state index is 13.2. The van der Waals surface area contributed by atoms with Crippen LogP contribution in [-0.2, 0) is 19.6 Å². The number of carbonyl (C=O) groups is 3. The van der Waals surface area contributed by atoms with Crippen LogP contribution in [0.25, 0.3) is 0 Å². The molecule has 0 aliphatic carbocycles. The molecule has 0 unspecified atom stereocenters. The summed E-state index contributed by atoms with van der Waals surface area (Å²) in [5.41, 5.74) is 7.86. The van der Waals surface area contributed by atoms with Gasteiger partial charge in [-0.3, -0.25) is 9.59 Å². The van der Waals surface area contributed by atoms with Crippen LogP contribution in [0.2, 0.25) is 0 Å². The minimum atomic E-state index is -0.604. The van der Waals surface area contributed by atoms with Crippen molar-refractivity contribution in [1.29, 1.82) is 0 Å². The zero-order valence-corrected chi connectivity index (χ0v) is 17.1. The summed E-state index contributed by atoms with van der Waals surface area (Å²) in [5, 5.41) is 5.10. The summed E-state index contributed by atoms with van der Waals surface area (Å²) in [4.78, 5) is 37.5. The van der Waals surface area contributed by atoms with Crippen molar-refractivity contribution in [3.05, 3.63) is 94.9 Å². The minimum Gasteiger partial charge on any atom is -0.467 e. The van der Waals surface area contributed by atoms with Gasteiger partial charge in [-0.25, -0.2) is 4.79 Å². The molecule has 0 saturated carbocycles. The molecule has 0 atom stereocenters. The second kappa shape index (κ2) is 10.1. The lowest BCUT2D eigenvalue weighted by atomic mass is 10.1. The van der Waals surface area contributed by atoms with Gasteiger partial charge < -0.3 is 25.7 Å². The number of hydrogen-bond donors (Lipinski definition) is 3. The summed E-state index contributed by atoms with van der Waals surface area (Å²) in [6.07, 6.45) is 1.57. The summed E-state index contributed by atoms with van der Waals surface area (Å²) >= 11 is 0. The topological polar surface area (TPSA) is 118 Å². The molecule has 0 fully saturated rings. The first kappa shape index (κ1) is 21.6. The van der Waals surface area contributed by atoms with Crippen molar-refractivity contribution in [2.75, 3.05) is 7.05 Å². The fourth-order valence-corrected chi connectivity index (χ4v) is 3.05. The van der Waals surface area contributed by atoms with E-state index in [1.54, 1.807) is 60.7 Å². The number of hydrogen-bond acceptors (Lipinski definition) is 4. The average Bonchev–Trinajstić information content (AvgIpc) is 3.30. The lowest BCUT2D eigenvalue weighted by molar-refractivity contribution is 0.0717. The van der Waals surface area contributed by atoms with Crippen LogP contribution in [0.3, 0.4) is 0 Å². The second-order valence-electron chi connectivity index (χ2n) is 6.93. The normalized spacial score (nSPS) is 10.4. The summed E-state index contributed by atoms with van der Waals surface area (Å²) < 4.78 is 5.43. The zero-order valence-electron chi connectivity index (χ0n) is 17.1. The van der Waals surface area contributed by atoms with Crippen molar-refractivity contribution >= 4 is 17.8 Å². The number of rotatable bonds is 8. The predicted molar refractivity (Wildman–Crippen MR) is 115 cm³/mol. The quantitative estimate of drug-likeness (QED) is 0.519. The first-order valence-corrected chi connectivity index (χ1v) is 9.71. The lowest BCUT2D eigenvalue weighted by Gasteiger charge is -2.22. The van der Waals surface area contributed by atoms with Gasteiger partial charge >= 0.3 is 6.03 Å². The number of furan rings is 1. The Bertz CT molecular complexity index is 1030. The highest BCUT2D eigenvalue weighted by Gasteiger charge is 2.18. The van der Waals surface area contributed by atoms with Gasteiger partial charge in [-0.1, -0.05) is 24.3 Å². The number of nitrogens with one attached hydrogen (secondary N) is 2. The standard InChI is InChI=1S/C23H24N4O4/c1-25-21(28)18-8-6-17(7-9-18)14-27(15-20-3-2-12-31-20)22(29)19-10-4-16(5-11-19)13-26-23(24)30/h2-12H,13-15H2,1H3,(H,25,28)(H3,24,26,30). The van der Waals surface area contributed by atoms with E-state index in [-0.39, 0.29) is 18.4 Å². The van der Waals surface area contributed by atoms with E-state index in [1.165, 1.54) is 0 Å². The molecule has 3 rings (SSSR count). The molecule has 0 spiro atoms. The van der Waals surface area contributed by atoms with Gasteiger partial charge in [0.05, 0.1) is 12.8 Å². The summed E-state index contributed by atoms with van der Waals surface area (Å²) in [6, 6.07) is 17.1. The smallest absolute Gasteiger partial charge is 0.312 e. The van der Waals surface area contributed by atoms with Crippen molar-refractivity contribution in [1.82, 2.24) is 15.5 Å². The third kappa shape index (κ3) is 5.96. The van der Waals surface area contributed by atoms with E-state index in [2.05, 4.69) is 10.6 Å². The number of urea groups is 1. The Kier molecular flexibility index (Phi) is 7.05. The van der Waals surface area contributed by atoms with Gasteiger partial charge in [-0.05, 0) is 47.5 Å². The molecule has 3 aromatic rings. The largest absolute Gasteiger partial charge is 0.467 e. The first-order chi connectivity index (χ1) is 15.0. The van der Waals surface area contributed by atoms with Gasteiger partial charge in [0.15, 0.2) is 0 Å². The van der Waals surface area contributed by atoms with Crippen LogP contribution in [0.1, 0.15) is 37.6 Å². The second-order valence-corrected chi connectivity index (χ2v) is 6.93. The van der Waals surface area contributed by atoms with E-state index < -0.39 is 6.03 Å². The Hall–Kier alpha value is -4.07. The molecule has 0 saturated heterocycles.